The molecule has 0 saturated heterocycles. The zero-order chi connectivity index (χ0) is 37.8. The number of imidazole rings is 1. The van der Waals surface area contributed by atoms with Crippen LogP contribution in [0.1, 0.15) is 0 Å². The highest BCUT2D eigenvalue weighted by Crippen LogP contribution is 2.49. The molecule has 0 unspecified atom stereocenters. The van der Waals surface area contributed by atoms with Crippen LogP contribution in [0.2, 0.25) is 0 Å². The fourth-order valence-corrected chi connectivity index (χ4v) is 9.23. The number of ether oxygens (including phenoxy) is 1. The Balaban J connectivity index is 1.19. The summed E-state index contributed by atoms with van der Waals surface area (Å²) in [4.78, 5) is 4.99. The predicted octanol–water partition coefficient (Wildman–Crippen LogP) is 11.3. The van der Waals surface area contributed by atoms with Gasteiger partial charge in [0.05, 0.1) is 51.4 Å². The number of pyridine rings is 1. The normalized spacial score (nSPS) is 12.0. The number of fused-ring (bicyclic) bond motifs is 13. The van der Waals surface area contributed by atoms with Gasteiger partial charge in [0, 0.05) is 62.8 Å². The summed E-state index contributed by atoms with van der Waals surface area (Å²) in [6.45, 7) is 0. The Hall–Kier alpha value is -7.64. The van der Waals surface area contributed by atoms with E-state index in [0.29, 0.717) is 0 Å². The maximum absolute atomic E-state index is 6.76. The summed E-state index contributed by atoms with van der Waals surface area (Å²) in [5.41, 5.74) is 11.1. The van der Waals surface area contributed by atoms with Crippen molar-refractivity contribution in [1.82, 2.24) is 23.3 Å². The van der Waals surface area contributed by atoms with E-state index in [4.69, 9.17) is 9.72 Å². The van der Waals surface area contributed by atoms with Crippen LogP contribution >= 0.6 is 0 Å². The second kappa shape index (κ2) is 11.9. The van der Waals surface area contributed by atoms with E-state index in [1.54, 1.807) is 0 Å². The van der Waals surface area contributed by atoms with Crippen LogP contribution < -0.4 is 9.30 Å². The minimum atomic E-state index is 0.739. The standard InChI is InChI=1S/C50H34N6O/c1-52-31-54(42-24-11-10-23-41(42)52)33-17-14-18-34(29-33)57-35-26-27-38-43(30-35)56(44-25-12-13-28-51-44)50-46(38)45-37-20-7-9-22-40(37)55(32-15-4-3-5-16-32)48(45)47-36-19-6-8-21-39(36)53(2)49(47)50/h3-30H,1-2H3. The van der Waals surface area contributed by atoms with E-state index < -0.39 is 0 Å². The number of benzene rings is 7. The van der Waals surface area contributed by atoms with E-state index in [0.717, 1.165) is 61.7 Å². The van der Waals surface area contributed by atoms with E-state index in [-0.39, 0.29) is 0 Å². The van der Waals surface area contributed by atoms with Gasteiger partial charge in [-0.15, -0.1) is 0 Å². The van der Waals surface area contributed by atoms with E-state index in [1.165, 1.54) is 43.5 Å². The van der Waals surface area contributed by atoms with Gasteiger partial charge in [0.15, 0.2) is 0 Å². The van der Waals surface area contributed by atoms with Crippen LogP contribution in [0.15, 0.2) is 170 Å². The Morgan fingerprint density at radius 1 is 0.509 bits per heavy atom. The second-order valence-corrected chi connectivity index (χ2v) is 14.7. The predicted molar refractivity (Wildman–Crippen MR) is 230 cm³/mol. The smallest absolute Gasteiger partial charge is 0.244 e. The lowest BCUT2D eigenvalue weighted by Crippen LogP contribution is -2.29. The Labute approximate surface area is 327 Å². The van der Waals surface area contributed by atoms with Gasteiger partial charge >= 0.3 is 0 Å². The van der Waals surface area contributed by atoms with Crippen LogP contribution in [-0.4, -0.2) is 23.3 Å². The Kier molecular flexibility index (Phi) is 6.63. The third-order valence-corrected chi connectivity index (χ3v) is 11.6. The van der Waals surface area contributed by atoms with Gasteiger partial charge < -0.3 is 23.0 Å². The first-order valence-electron chi connectivity index (χ1n) is 19.2. The van der Waals surface area contributed by atoms with Crippen molar-refractivity contribution < 1.29 is 9.30 Å². The number of para-hydroxylation sites is 5. The van der Waals surface area contributed by atoms with Crippen LogP contribution in [-0.2, 0) is 14.1 Å². The largest absolute Gasteiger partial charge is 0.458 e. The molecule has 57 heavy (non-hydrogen) atoms. The molecule has 7 aromatic carbocycles. The van der Waals surface area contributed by atoms with Gasteiger partial charge in [-0.2, -0.15) is 0 Å². The Morgan fingerprint density at radius 3 is 2.02 bits per heavy atom. The van der Waals surface area contributed by atoms with Crippen LogP contribution in [0.25, 0.3) is 93.6 Å². The number of hydrogen-bond donors (Lipinski definition) is 0. The molecule has 0 aliphatic rings. The zero-order valence-corrected chi connectivity index (χ0v) is 31.3. The lowest BCUT2D eigenvalue weighted by atomic mass is 10.0. The van der Waals surface area contributed by atoms with E-state index in [9.17, 15) is 0 Å². The van der Waals surface area contributed by atoms with Crippen molar-refractivity contribution in [2.45, 2.75) is 0 Å². The third kappa shape index (κ3) is 4.48. The monoisotopic (exact) mass is 734 g/mol. The molecular weight excluding hydrogens is 701 g/mol. The van der Waals surface area contributed by atoms with Crippen molar-refractivity contribution in [2.24, 2.45) is 14.1 Å². The number of rotatable bonds is 5. The molecule has 5 aromatic heterocycles. The summed E-state index contributed by atoms with van der Waals surface area (Å²) in [5, 5.41) is 7.17. The minimum Gasteiger partial charge on any atom is -0.458 e. The summed E-state index contributed by atoms with van der Waals surface area (Å²) < 4.78 is 18.0. The van der Waals surface area contributed by atoms with Gasteiger partial charge in [-0.05, 0) is 60.7 Å². The van der Waals surface area contributed by atoms with Gasteiger partial charge in [0.1, 0.15) is 17.3 Å². The van der Waals surface area contributed by atoms with Crippen molar-refractivity contribution in [3.05, 3.63) is 176 Å². The van der Waals surface area contributed by atoms with E-state index >= 15 is 0 Å². The molecule has 0 radical (unpaired) electrons. The van der Waals surface area contributed by atoms with Crippen molar-refractivity contribution in [2.75, 3.05) is 0 Å². The molecule has 0 saturated carbocycles. The highest BCUT2D eigenvalue weighted by Gasteiger charge is 2.28. The third-order valence-electron chi connectivity index (χ3n) is 11.6. The van der Waals surface area contributed by atoms with Crippen molar-refractivity contribution in [3.8, 4) is 28.7 Å². The zero-order valence-electron chi connectivity index (χ0n) is 31.3. The molecule has 0 atom stereocenters. The number of hydrogen-bond acceptors (Lipinski definition) is 2. The van der Waals surface area contributed by atoms with Crippen LogP contribution in [0.3, 0.4) is 0 Å². The summed E-state index contributed by atoms with van der Waals surface area (Å²) in [5.74, 6) is 2.32. The van der Waals surface area contributed by atoms with Gasteiger partial charge in [-0.1, -0.05) is 97.1 Å². The number of nitrogens with zero attached hydrogens (tertiary/aromatic N) is 6. The molecule has 5 heterocycles. The Morgan fingerprint density at radius 2 is 1.19 bits per heavy atom. The summed E-state index contributed by atoms with van der Waals surface area (Å²) in [7, 11) is 4.22. The van der Waals surface area contributed by atoms with Crippen molar-refractivity contribution in [1.29, 1.82) is 0 Å². The van der Waals surface area contributed by atoms with Crippen LogP contribution in [0.5, 0.6) is 11.5 Å². The molecular formula is C50H34N6O. The van der Waals surface area contributed by atoms with Crippen LogP contribution in [0.4, 0.5) is 0 Å². The van der Waals surface area contributed by atoms with Gasteiger partial charge in [-0.25, -0.2) is 4.98 Å². The van der Waals surface area contributed by atoms with Crippen LogP contribution in [0, 0.1) is 6.33 Å². The first-order chi connectivity index (χ1) is 28.1. The molecule has 270 valence electrons. The van der Waals surface area contributed by atoms with E-state index in [1.807, 2.05) is 36.0 Å². The molecule has 7 heteroatoms. The minimum absolute atomic E-state index is 0.739. The lowest BCUT2D eigenvalue weighted by Gasteiger charge is -2.12. The molecule has 12 aromatic rings. The molecule has 0 N–H and O–H groups in total. The average Bonchev–Trinajstić information content (AvgIpc) is 3.98. The topological polar surface area (TPSA) is 45.7 Å². The maximum atomic E-state index is 6.76. The molecule has 0 aliphatic carbocycles. The molecule has 0 fully saturated rings. The fraction of sp³-hybridized carbons (Fsp3) is 0.0400. The highest BCUT2D eigenvalue weighted by atomic mass is 16.5. The summed E-state index contributed by atoms with van der Waals surface area (Å²) in [6.07, 6.45) is 5.33. The SMILES string of the molecule is Cn1[c-][n+](-c2cccc(Oc3ccc4c5c6c7ccccc7n(-c7ccccc7)c6c6c7ccccc7n(C)c6c5n(-c5ccccn5)c4c3)c2)c2ccccc21. The van der Waals surface area contributed by atoms with Gasteiger partial charge in [0.25, 0.3) is 0 Å². The molecule has 0 spiro atoms. The number of aromatic nitrogens is 6. The molecule has 7 nitrogen and oxygen atoms in total. The van der Waals surface area contributed by atoms with E-state index in [2.05, 4.69) is 177 Å². The van der Waals surface area contributed by atoms with Crippen molar-refractivity contribution >= 4 is 76.5 Å². The van der Waals surface area contributed by atoms with Gasteiger partial charge in [0.2, 0.25) is 6.33 Å². The molecule has 0 amide bonds. The first kappa shape index (κ1) is 31.7. The molecule has 0 aliphatic heterocycles. The quantitative estimate of drug-likeness (QED) is 0.131. The Bertz CT molecular complexity index is 3570. The van der Waals surface area contributed by atoms with Gasteiger partial charge in [-0.3, -0.25) is 4.57 Å². The second-order valence-electron chi connectivity index (χ2n) is 14.7. The summed E-state index contributed by atoms with van der Waals surface area (Å²) >= 11 is 0. The highest BCUT2D eigenvalue weighted by molar-refractivity contribution is 6.40. The lowest BCUT2D eigenvalue weighted by molar-refractivity contribution is -0.572. The average molecular weight is 735 g/mol. The van der Waals surface area contributed by atoms with Crippen molar-refractivity contribution in [3.63, 3.8) is 0 Å². The maximum Gasteiger partial charge on any atom is 0.244 e. The molecule has 12 rings (SSSR count). The number of aryl methyl sites for hydroxylation is 2. The summed E-state index contributed by atoms with van der Waals surface area (Å²) in [6, 6.07) is 57.5. The fourth-order valence-electron chi connectivity index (χ4n) is 9.23. The molecule has 0 bridgehead atoms. The first-order valence-corrected chi connectivity index (χ1v) is 19.2.